The Hall–Kier alpha value is -1.14. The highest BCUT2D eigenvalue weighted by Gasteiger charge is 2.17. The van der Waals surface area contributed by atoms with Crippen molar-refractivity contribution in [3.8, 4) is 0 Å². The average Bonchev–Trinajstić information content (AvgIpc) is 2.66. The molecule has 2 aromatic rings. The van der Waals surface area contributed by atoms with E-state index >= 15 is 0 Å². The molecular weight excluding hydrogens is 332 g/mol. The van der Waals surface area contributed by atoms with Crippen LogP contribution in [-0.2, 0) is 0 Å². The zero-order valence-electron chi connectivity index (χ0n) is 10.7. The minimum atomic E-state index is -0.214. The Balaban J connectivity index is 2.20. The minimum absolute atomic E-state index is 0.214. The molecule has 0 aliphatic rings. The molecule has 0 fully saturated rings. The fraction of sp³-hybridized carbons (Fsp3) is 0.417. The maximum atomic E-state index is 12.0. The quantitative estimate of drug-likeness (QED) is 0.927. The van der Waals surface area contributed by atoms with Crippen LogP contribution in [0.25, 0.3) is 5.65 Å². The molecule has 5 nitrogen and oxygen atoms in total. The van der Waals surface area contributed by atoms with Crippen molar-refractivity contribution < 1.29 is 4.79 Å². The molecule has 0 saturated carbocycles. The average molecular weight is 346 g/mol. The van der Waals surface area contributed by atoms with Crippen LogP contribution < -0.4 is 5.32 Å². The Morgan fingerprint density at radius 2 is 2.26 bits per heavy atom. The number of hydrogen-bond acceptors (Lipinski definition) is 3. The molecule has 2 aromatic heterocycles. The van der Waals surface area contributed by atoms with Gasteiger partial charge in [-0.3, -0.25) is 4.79 Å². The number of amides is 1. The smallest absolute Gasteiger partial charge is 0.272 e. The van der Waals surface area contributed by atoms with Crippen LogP contribution in [-0.4, -0.2) is 27.0 Å². The number of hydrogen-bond donors (Lipinski definition) is 1. The van der Waals surface area contributed by atoms with Gasteiger partial charge in [-0.1, -0.05) is 25.4 Å². The highest BCUT2D eigenvalue weighted by atomic mass is 79.9. The SMILES string of the molecule is CC(C)CCNC(=O)c1nc2ccc(Cl)nn2c1Br. The number of nitrogens with zero attached hydrogens (tertiary/aromatic N) is 3. The topological polar surface area (TPSA) is 59.3 Å². The molecule has 7 heteroatoms. The van der Waals surface area contributed by atoms with E-state index in [1.807, 2.05) is 0 Å². The molecule has 0 aliphatic carbocycles. The van der Waals surface area contributed by atoms with Crippen molar-refractivity contribution in [2.24, 2.45) is 5.92 Å². The lowest BCUT2D eigenvalue weighted by Crippen LogP contribution is -2.26. The number of halogens is 2. The van der Waals surface area contributed by atoms with Gasteiger partial charge >= 0.3 is 0 Å². The Kier molecular flexibility index (Phi) is 4.42. The molecule has 0 aliphatic heterocycles. The number of imidazole rings is 1. The van der Waals surface area contributed by atoms with Crippen LogP contribution in [0.15, 0.2) is 16.7 Å². The number of rotatable bonds is 4. The van der Waals surface area contributed by atoms with Crippen LogP contribution in [0.5, 0.6) is 0 Å². The summed E-state index contributed by atoms with van der Waals surface area (Å²) in [6.45, 7) is 4.85. The van der Waals surface area contributed by atoms with Crippen molar-refractivity contribution in [2.45, 2.75) is 20.3 Å². The number of aromatic nitrogens is 3. The third-order valence-corrected chi connectivity index (χ3v) is 3.53. The fourth-order valence-electron chi connectivity index (χ4n) is 1.59. The van der Waals surface area contributed by atoms with Crippen molar-refractivity contribution in [1.29, 1.82) is 0 Å². The summed E-state index contributed by atoms with van der Waals surface area (Å²) in [4.78, 5) is 16.3. The van der Waals surface area contributed by atoms with Gasteiger partial charge in [-0.2, -0.15) is 5.10 Å². The van der Waals surface area contributed by atoms with Gasteiger partial charge in [-0.15, -0.1) is 0 Å². The molecule has 1 N–H and O–H groups in total. The van der Waals surface area contributed by atoms with E-state index in [4.69, 9.17) is 11.6 Å². The van der Waals surface area contributed by atoms with Crippen LogP contribution in [0.4, 0.5) is 0 Å². The van der Waals surface area contributed by atoms with E-state index in [0.29, 0.717) is 33.6 Å². The zero-order chi connectivity index (χ0) is 14.0. The number of fused-ring (bicyclic) bond motifs is 1. The van der Waals surface area contributed by atoms with E-state index in [1.165, 1.54) is 4.52 Å². The van der Waals surface area contributed by atoms with E-state index in [9.17, 15) is 4.79 Å². The first-order valence-corrected chi connectivity index (χ1v) is 7.15. The Labute approximate surface area is 124 Å². The molecule has 0 aromatic carbocycles. The zero-order valence-corrected chi connectivity index (χ0v) is 13.0. The maximum Gasteiger partial charge on any atom is 0.272 e. The minimum Gasteiger partial charge on any atom is -0.351 e. The highest BCUT2D eigenvalue weighted by Crippen LogP contribution is 2.19. The van der Waals surface area contributed by atoms with E-state index in [0.717, 1.165) is 6.42 Å². The van der Waals surface area contributed by atoms with Gasteiger partial charge in [-0.25, -0.2) is 9.50 Å². The first-order valence-electron chi connectivity index (χ1n) is 5.98. The van der Waals surface area contributed by atoms with Gasteiger partial charge in [0.25, 0.3) is 5.91 Å². The Morgan fingerprint density at radius 3 is 2.95 bits per heavy atom. The molecule has 0 saturated heterocycles. The lowest BCUT2D eigenvalue weighted by atomic mass is 10.1. The van der Waals surface area contributed by atoms with Gasteiger partial charge < -0.3 is 5.32 Å². The van der Waals surface area contributed by atoms with Gasteiger partial charge in [0, 0.05) is 6.54 Å². The first-order chi connectivity index (χ1) is 8.99. The third kappa shape index (κ3) is 3.25. The van der Waals surface area contributed by atoms with Crippen LogP contribution in [0.2, 0.25) is 5.15 Å². The molecule has 0 spiro atoms. The summed E-state index contributed by atoms with van der Waals surface area (Å²) in [6.07, 6.45) is 0.931. The summed E-state index contributed by atoms with van der Waals surface area (Å²) in [7, 11) is 0. The molecule has 0 unspecified atom stereocenters. The molecule has 19 heavy (non-hydrogen) atoms. The predicted molar refractivity (Wildman–Crippen MR) is 77.5 cm³/mol. The molecule has 1 amide bonds. The summed E-state index contributed by atoms with van der Waals surface area (Å²) < 4.78 is 2.01. The summed E-state index contributed by atoms with van der Waals surface area (Å²) in [6, 6.07) is 3.35. The molecular formula is C12H14BrClN4O. The summed E-state index contributed by atoms with van der Waals surface area (Å²) in [5.74, 6) is 0.333. The van der Waals surface area contributed by atoms with E-state index in [2.05, 4.69) is 45.2 Å². The second-order valence-electron chi connectivity index (χ2n) is 4.62. The maximum absolute atomic E-state index is 12.0. The van der Waals surface area contributed by atoms with E-state index in [1.54, 1.807) is 12.1 Å². The van der Waals surface area contributed by atoms with Crippen molar-refractivity contribution in [2.75, 3.05) is 6.54 Å². The predicted octanol–water partition coefficient (Wildman–Crippen LogP) is 2.92. The second kappa shape index (κ2) is 5.88. The van der Waals surface area contributed by atoms with E-state index < -0.39 is 0 Å². The fourth-order valence-corrected chi connectivity index (χ4v) is 2.25. The van der Waals surface area contributed by atoms with Crippen LogP contribution in [0, 0.1) is 5.92 Å². The lowest BCUT2D eigenvalue weighted by Gasteiger charge is -2.05. The standard InChI is InChI=1S/C12H14BrClN4O/c1-7(2)5-6-15-12(19)10-11(13)18-9(16-10)4-3-8(14)17-18/h3-4,7H,5-6H2,1-2H3,(H,15,19). The van der Waals surface area contributed by atoms with Gasteiger partial charge in [-0.05, 0) is 40.4 Å². The van der Waals surface area contributed by atoms with Crippen LogP contribution in [0.1, 0.15) is 30.8 Å². The van der Waals surface area contributed by atoms with Gasteiger partial charge in [0.2, 0.25) is 0 Å². The van der Waals surface area contributed by atoms with Crippen molar-refractivity contribution >= 4 is 39.1 Å². The van der Waals surface area contributed by atoms with Gasteiger partial charge in [0.15, 0.2) is 11.3 Å². The van der Waals surface area contributed by atoms with Crippen molar-refractivity contribution in [1.82, 2.24) is 19.9 Å². The van der Waals surface area contributed by atoms with Gasteiger partial charge in [0.05, 0.1) is 0 Å². The second-order valence-corrected chi connectivity index (χ2v) is 5.75. The summed E-state index contributed by atoms with van der Waals surface area (Å²) >= 11 is 9.14. The van der Waals surface area contributed by atoms with Crippen molar-refractivity contribution in [3.63, 3.8) is 0 Å². The molecule has 0 atom stereocenters. The lowest BCUT2D eigenvalue weighted by molar-refractivity contribution is 0.0946. The summed E-state index contributed by atoms with van der Waals surface area (Å²) in [5, 5.41) is 7.27. The largest absolute Gasteiger partial charge is 0.351 e. The molecule has 102 valence electrons. The normalized spacial score (nSPS) is 11.2. The Bertz CT molecular complexity index is 611. The van der Waals surface area contributed by atoms with Crippen LogP contribution in [0.3, 0.4) is 0 Å². The Morgan fingerprint density at radius 1 is 1.53 bits per heavy atom. The molecule has 0 radical (unpaired) electrons. The first kappa shape index (κ1) is 14.3. The highest BCUT2D eigenvalue weighted by molar-refractivity contribution is 9.10. The summed E-state index contributed by atoms with van der Waals surface area (Å²) in [5.41, 5.74) is 0.892. The molecule has 2 heterocycles. The number of carbonyl (C=O) groups excluding carboxylic acids is 1. The monoisotopic (exact) mass is 344 g/mol. The van der Waals surface area contributed by atoms with E-state index in [-0.39, 0.29) is 5.91 Å². The van der Waals surface area contributed by atoms with Crippen LogP contribution >= 0.6 is 27.5 Å². The number of nitrogens with one attached hydrogen (secondary N) is 1. The van der Waals surface area contributed by atoms with Gasteiger partial charge in [0.1, 0.15) is 9.76 Å². The molecule has 0 bridgehead atoms. The number of carbonyl (C=O) groups is 1. The molecule has 2 rings (SSSR count). The van der Waals surface area contributed by atoms with Crippen molar-refractivity contribution in [3.05, 3.63) is 27.6 Å². The third-order valence-electron chi connectivity index (χ3n) is 2.61.